The summed E-state index contributed by atoms with van der Waals surface area (Å²) in [5.74, 6) is 1.24. The SMILES string of the molecule is Cc1ccccc1C(=O)Nc1cc(N2CCN(C)CC2)ncn1. The molecule has 0 saturated carbocycles. The zero-order valence-electron chi connectivity index (χ0n) is 13.5. The highest BCUT2D eigenvalue weighted by Crippen LogP contribution is 2.17. The van der Waals surface area contributed by atoms with Gasteiger partial charge >= 0.3 is 0 Å². The van der Waals surface area contributed by atoms with Crippen LogP contribution in [0.1, 0.15) is 15.9 Å². The minimum absolute atomic E-state index is 0.147. The molecule has 0 unspecified atom stereocenters. The van der Waals surface area contributed by atoms with Crippen molar-refractivity contribution in [3.63, 3.8) is 0 Å². The number of piperazine rings is 1. The average molecular weight is 311 g/mol. The lowest BCUT2D eigenvalue weighted by atomic mass is 10.1. The zero-order valence-corrected chi connectivity index (χ0v) is 13.5. The Balaban J connectivity index is 1.73. The summed E-state index contributed by atoms with van der Waals surface area (Å²) in [7, 11) is 2.12. The molecule has 2 aromatic rings. The van der Waals surface area contributed by atoms with Gasteiger partial charge in [-0.25, -0.2) is 9.97 Å². The molecule has 1 amide bonds. The van der Waals surface area contributed by atoms with Gasteiger partial charge in [-0.3, -0.25) is 4.79 Å². The number of carbonyl (C=O) groups is 1. The van der Waals surface area contributed by atoms with Crippen LogP contribution in [-0.4, -0.2) is 54.0 Å². The highest BCUT2D eigenvalue weighted by molar-refractivity contribution is 6.04. The summed E-state index contributed by atoms with van der Waals surface area (Å²) >= 11 is 0. The van der Waals surface area contributed by atoms with E-state index in [0.29, 0.717) is 11.4 Å². The molecule has 1 aromatic carbocycles. The first-order valence-electron chi connectivity index (χ1n) is 7.76. The Hall–Kier alpha value is -2.47. The Morgan fingerprint density at radius 1 is 1.13 bits per heavy atom. The molecule has 1 aliphatic rings. The number of hydrogen-bond acceptors (Lipinski definition) is 5. The van der Waals surface area contributed by atoms with Gasteiger partial charge in [-0.2, -0.15) is 0 Å². The minimum atomic E-state index is -0.147. The maximum Gasteiger partial charge on any atom is 0.257 e. The maximum absolute atomic E-state index is 12.4. The fraction of sp³-hybridized carbons (Fsp3) is 0.353. The fourth-order valence-corrected chi connectivity index (χ4v) is 2.64. The molecule has 0 spiro atoms. The highest BCUT2D eigenvalue weighted by atomic mass is 16.1. The quantitative estimate of drug-likeness (QED) is 0.936. The van der Waals surface area contributed by atoms with Crippen LogP contribution in [0.4, 0.5) is 11.6 Å². The van der Waals surface area contributed by atoms with Gasteiger partial charge in [0.05, 0.1) is 0 Å². The van der Waals surface area contributed by atoms with Crippen molar-refractivity contribution in [2.45, 2.75) is 6.92 Å². The van der Waals surface area contributed by atoms with Crippen molar-refractivity contribution in [2.24, 2.45) is 0 Å². The van der Waals surface area contributed by atoms with Gasteiger partial charge in [0.2, 0.25) is 0 Å². The lowest BCUT2D eigenvalue weighted by Crippen LogP contribution is -2.44. The second-order valence-corrected chi connectivity index (χ2v) is 5.82. The van der Waals surface area contributed by atoms with Crippen molar-refractivity contribution in [1.29, 1.82) is 0 Å². The van der Waals surface area contributed by atoms with Gasteiger partial charge in [0, 0.05) is 37.8 Å². The molecule has 1 aliphatic heterocycles. The molecule has 1 aromatic heterocycles. The number of hydrogen-bond donors (Lipinski definition) is 1. The minimum Gasteiger partial charge on any atom is -0.354 e. The third kappa shape index (κ3) is 3.65. The summed E-state index contributed by atoms with van der Waals surface area (Å²) in [6.07, 6.45) is 1.50. The van der Waals surface area contributed by atoms with Crippen LogP contribution in [0.5, 0.6) is 0 Å². The standard InChI is InChI=1S/C17H21N5O/c1-13-5-3-4-6-14(13)17(23)20-15-11-16(19-12-18-15)22-9-7-21(2)8-10-22/h3-6,11-12H,7-10H2,1-2H3,(H,18,19,20,23). The van der Waals surface area contributed by atoms with E-state index in [4.69, 9.17) is 0 Å². The van der Waals surface area contributed by atoms with E-state index < -0.39 is 0 Å². The number of nitrogens with one attached hydrogen (secondary N) is 1. The number of likely N-dealkylation sites (N-methyl/N-ethyl adjacent to an activating group) is 1. The van der Waals surface area contributed by atoms with Crippen LogP contribution in [0.2, 0.25) is 0 Å². The maximum atomic E-state index is 12.4. The number of aromatic nitrogens is 2. The van der Waals surface area contributed by atoms with Gasteiger partial charge in [-0.05, 0) is 25.6 Å². The molecule has 3 rings (SSSR count). The van der Waals surface area contributed by atoms with E-state index in [1.165, 1.54) is 6.33 Å². The Morgan fingerprint density at radius 3 is 2.61 bits per heavy atom. The zero-order chi connectivity index (χ0) is 16.2. The third-order valence-corrected chi connectivity index (χ3v) is 4.11. The van der Waals surface area contributed by atoms with Gasteiger partial charge in [0.15, 0.2) is 0 Å². The molecule has 2 heterocycles. The van der Waals surface area contributed by atoms with Crippen molar-refractivity contribution in [1.82, 2.24) is 14.9 Å². The van der Waals surface area contributed by atoms with Crippen molar-refractivity contribution in [3.8, 4) is 0 Å². The molecular weight excluding hydrogens is 290 g/mol. The molecule has 0 radical (unpaired) electrons. The van der Waals surface area contributed by atoms with Crippen LogP contribution in [-0.2, 0) is 0 Å². The molecule has 0 bridgehead atoms. The van der Waals surface area contributed by atoms with E-state index in [2.05, 4.69) is 32.1 Å². The molecule has 0 aliphatic carbocycles. The number of anilines is 2. The first-order valence-corrected chi connectivity index (χ1v) is 7.76. The lowest BCUT2D eigenvalue weighted by molar-refractivity contribution is 0.102. The summed E-state index contributed by atoms with van der Waals surface area (Å²) < 4.78 is 0. The van der Waals surface area contributed by atoms with Crippen molar-refractivity contribution in [2.75, 3.05) is 43.4 Å². The average Bonchev–Trinajstić information content (AvgIpc) is 2.56. The molecule has 0 atom stereocenters. The summed E-state index contributed by atoms with van der Waals surface area (Å²) in [5.41, 5.74) is 1.60. The number of rotatable bonds is 3. The largest absolute Gasteiger partial charge is 0.354 e. The Kier molecular flexibility index (Phi) is 4.52. The Labute approximate surface area is 136 Å². The molecule has 6 heteroatoms. The summed E-state index contributed by atoms with van der Waals surface area (Å²) in [6, 6.07) is 9.35. The van der Waals surface area contributed by atoms with Crippen LogP contribution in [0, 0.1) is 6.92 Å². The third-order valence-electron chi connectivity index (χ3n) is 4.11. The van der Waals surface area contributed by atoms with Gasteiger partial charge < -0.3 is 15.1 Å². The summed E-state index contributed by atoms with van der Waals surface area (Å²) in [4.78, 5) is 25.4. The Bertz CT molecular complexity index is 695. The first kappa shape index (κ1) is 15.4. The van der Waals surface area contributed by atoms with Gasteiger partial charge in [-0.1, -0.05) is 18.2 Å². The number of nitrogens with zero attached hydrogens (tertiary/aromatic N) is 4. The first-order chi connectivity index (χ1) is 11.1. The molecule has 1 N–H and O–H groups in total. The molecule has 23 heavy (non-hydrogen) atoms. The van der Waals surface area contributed by atoms with E-state index in [9.17, 15) is 4.79 Å². The van der Waals surface area contributed by atoms with E-state index in [-0.39, 0.29) is 5.91 Å². The normalized spacial score (nSPS) is 15.5. The van der Waals surface area contributed by atoms with Crippen molar-refractivity contribution >= 4 is 17.5 Å². The Morgan fingerprint density at radius 2 is 1.87 bits per heavy atom. The lowest BCUT2D eigenvalue weighted by Gasteiger charge is -2.33. The van der Waals surface area contributed by atoms with Gasteiger partial charge in [0.1, 0.15) is 18.0 Å². The predicted molar refractivity (Wildman–Crippen MR) is 90.9 cm³/mol. The number of aryl methyl sites for hydroxylation is 1. The molecule has 1 saturated heterocycles. The number of benzene rings is 1. The monoisotopic (exact) mass is 311 g/mol. The number of carbonyl (C=O) groups excluding carboxylic acids is 1. The fourth-order valence-electron chi connectivity index (χ4n) is 2.64. The molecular formula is C17H21N5O. The van der Waals surface area contributed by atoms with Crippen LogP contribution >= 0.6 is 0 Å². The van der Waals surface area contributed by atoms with E-state index >= 15 is 0 Å². The topological polar surface area (TPSA) is 61.4 Å². The number of amides is 1. The second-order valence-electron chi connectivity index (χ2n) is 5.82. The van der Waals surface area contributed by atoms with E-state index in [0.717, 1.165) is 37.6 Å². The smallest absolute Gasteiger partial charge is 0.257 e. The summed E-state index contributed by atoms with van der Waals surface area (Å²) in [5, 5.41) is 2.86. The van der Waals surface area contributed by atoms with Crippen LogP contribution in [0.15, 0.2) is 36.7 Å². The molecule has 6 nitrogen and oxygen atoms in total. The van der Waals surface area contributed by atoms with Crippen LogP contribution in [0.25, 0.3) is 0 Å². The van der Waals surface area contributed by atoms with Crippen LogP contribution < -0.4 is 10.2 Å². The molecule has 120 valence electrons. The second kappa shape index (κ2) is 6.75. The highest BCUT2D eigenvalue weighted by Gasteiger charge is 2.16. The van der Waals surface area contributed by atoms with Crippen LogP contribution in [0.3, 0.4) is 0 Å². The van der Waals surface area contributed by atoms with Gasteiger partial charge in [0.25, 0.3) is 5.91 Å². The predicted octanol–water partition coefficient (Wildman–Crippen LogP) is 1.79. The molecule has 1 fully saturated rings. The summed E-state index contributed by atoms with van der Waals surface area (Å²) in [6.45, 7) is 5.80. The van der Waals surface area contributed by atoms with E-state index in [1.54, 1.807) is 0 Å². The van der Waals surface area contributed by atoms with Gasteiger partial charge in [-0.15, -0.1) is 0 Å². The van der Waals surface area contributed by atoms with Crippen molar-refractivity contribution < 1.29 is 4.79 Å². The van der Waals surface area contributed by atoms with E-state index in [1.807, 2.05) is 37.3 Å². The van der Waals surface area contributed by atoms with Crippen molar-refractivity contribution in [3.05, 3.63) is 47.8 Å².